The van der Waals surface area contributed by atoms with Crippen LogP contribution in [0.4, 0.5) is 0 Å². The van der Waals surface area contributed by atoms with Gasteiger partial charge in [0.2, 0.25) is 0 Å². The SMILES string of the molecule is COc1ccc(CN(I)Cc2ccc(OC)cc2OC)c(OC)c1. The van der Waals surface area contributed by atoms with Crippen molar-refractivity contribution in [3.63, 3.8) is 0 Å². The summed E-state index contributed by atoms with van der Waals surface area (Å²) in [5.74, 6) is 3.20. The molecular weight excluding hydrogens is 421 g/mol. The molecular formula is C18H22INO4. The minimum absolute atomic E-state index is 0.739. The monoisotopic (exact) mass is 443 g/mol. The highest BCUT2D eigenvalue weighted by atomic mass is 127. The summed E-state index contributed by atoms with van der Waals surface area (Å²) >= 11 is 2.31. The molecule has 2 aromatic carbocycles. The Balaban J connectivity index is 2.12. The number of ether oxygens (including phenoxy) is 4. The Hall–Kier alpha value is -1.67. The molecule has 2 rings (SSSR count). The van der Waals surface area contributed by atoms with Crippen LogP contribution in [0.1, 0.15) is 11.1 Å². The molecule has 6 heteroatoms. The number of hydrogen-bond donors (Lipinski definition) is 0. The van der Waals surface area contributed by atoms with Crippen LogP contribution >= 0.6 is 22.9 Å². The first-order valence-corrected chi connectivity index (χ1v) is 8.40. The fraction of sp³-hybridized carbons (Fsp3) is 0.333. The van der Waals surface area contributed by atoms with E-state index in [1.807, 2.05) is 36.4 Å². The molecule has 0 fully saturated rings. The number of rotatable bonds is 8. The number of benzene rings is 2. The minimum Gasteiger partial charge on any atom is -0.497 e. The highest BCUT2D eigenvalue weighted by Crippen LogP contribution is 2.30. The highest BCUT2D eigenvalue weighted by molar-refractivity contribution is 14.1. The summed E-state index contributed by atoms with van der Waals surface area (Å²) in [4.78, 5) is 0. The molecule has 0 unspecified atom stereocenters. The first kappa shape index (κ1) is 18.7. The zero-order valence-electron chi connectivity index (χ0n) is 14.3. The van der Waals surface area contributed by atoms with Crippen molar-refractivity contribution in [2.75, 3.05) is 28.4 Å². The van der Waals surface area contributed by atoms with Gasteiger partial charge < -0.3 is 18.9 Å². The van der Waals surface area contributed by atoms with Crippen molar-refractivity contribution in [1.29, 1.82) is 0 Å². The van der Waals surface area contributed by atoms with Crippen LogP contribution in [0.3, 0.4) is 0 Å². The maximum Gasteiger partial charge on any atom is 0.127 e. The van der Waals surface area contributed by atoms with Crippen molar-refractivity contribution in [2.24, 2.45) is 0 Å². The van der Waals surface area contributed by atoms with Gasteiger partial charge in [-0.15, -0.1) is 0 Å². The van der Waals surface area contributed by atoms with Crippen LogP contribution in [-0.4, -0.2) is 31.6 Å². The van der Waals surface area contributed by atoms with E-state index >= 15 is 0 Å². The van der Waals surface area contributed by atoms with Gasteiger partial charge in [-0.2, -0.15) is 0 Å². The van der Waals surface area contributed by atoms with Gasteiger partial charge in [0.15, 0.2) is 0 Å². The molecule has 0 bridgehead atoms. The summed E-state index contributed by atoms with van der Waals surface area (Å²) < 4.78 is 23.6. The molecule has 0 aliphatic heterocycles. The predicted octanol–water partition coefficient (Wildman–Crippen LogP) is 4.07. The van der Waals surface area contributed by atoms with Gasteiger partial charge in [0.25, 0.3) is 0 Å². The van der Waals surface area contributed by atoms with E-state index in [9.17, 15) is 0 Å². The molecule has 5 nitrogen and oxygen atoms in total. The predicted molar refractivity (Wildman–Crippen MR) is 102 cm³/mol. The van der Waals surface area contributed by atoms with Crippen LogP contribution in [0.2, 0.25) is 0 Å². The largest absolute Gasteiger partial charge is 0.497 e. The second-order valence-corrected chi connectivity index (χ2v) is 6.50. The van der Waals surface area contributed by atoms with E-state index in [-0.39, 0.29) is 0 Å². The van der Waals surface area contributed by atoms with Gasteiger partial charge in [0.1, 0.15) is 23.0 Å². The average molecular weight is 443 g/mol. The number of methoxy groups -OCH3 is 4. The van der Waals surface area contributed by atoms with Gasteiger partial charge in [-0.05, 0) is 12.1 Å². The number of hydrogen-bond acceptors (Lipinski definition) is 5. The normalized spacial score (nSPS) is 10.6. The Morgan fingerprint density at radius 3 is 1.46 bits per heavy atom. The van der Waals surface area contributed by atoms with Crippen LogP contribution in [0.15, 0.2) is 36.4 Å². The summed E-state index contributed by atoms with van der Waals surface area (Å²) in [6.45, 7) is 1.48. The second kappa shape index (κ2) is 8.98. The average Bonchev–Trinajstić information content (AvgIpc) is 2.62. The third kappa shape index (κ3) is 4.67. The second-order valence-electron chi connectivity index (χ2n) is 5.13. The molecule has 24 heavy (non-hydrogen) atoms. The Bertz CT molecular complexity index is 621. The lowest BCUT2D eigenvalue weighted by Gasteiger charge is -2.19. The molecule has 2 aromatic rings. The van der Waals surface area contributed by atoms with E-state index in [1.54, 1.807) is 28.4 Å². The number of halogens is 1. The first-order valence-electron chi connectivity index (χ1n) is 7.43. The minimum atomic E-state index is 0.739. The van der Waals surface area contributed by atoms with E-state index in [1.165, 1.54) is 0 Å². The zero-order valence-corrected chi connectivity index (χ0v) is 16.5. The van der Waals surface area contributed by atoms with Crippen molar-refractivity contribution in [3.8, 4) is 23.0 Å². The molecule has 0 aliphatic carbocycles. The fourth-order valence-corrected chi connectivity index (χ4v) is 3.13. The molecule has 0 saturated heterocycles. The topological polar surface area (TPSA) is 40.2 Å². The highest BCUT2D eigenvalue weighted by Gasteiger charge is 2.12. The summed E-state index contributed by atoms with van der Waals surface area (Å²) in [5.41, 5.74) is 2.19. The maximum absolute atomic E-state index is 5.46. The van der Waals surface area contributed by atoms with Crippen LogP contribution in [0, 0.1) is 0 Å². The number of nitrogens with zero attached hydrogens (tertiary/aromatic N) is 1. The van der Waals surface area contributed by atoms with Gasteiger partial charge in [0, 0.05) is 59.2 Å². The van der Waals surface area contributed by atoms with Crippen LogP contribution in [0.25, 0.3) is 0 Å². The van der Waals surface area contributed by atoms with Gasteiger partial charge >= 0.3 is 0 Å². The Kier molecular flexibility index (Phi) is 6.99. The van der Waals surface area contributed by atoms with Crippen molar-refractivity contribution >= 4 is 22.9 Å². The molecule has 0 N–H and O–H groups in total. The fourth-order valence-electron chi connectivity index (χ4n) is 2.39. The lowest BCUT2D eigenvalue weighted by atomic mass is 10.1. The molecule has 0 radical (unpaired) electrons. The lowest BCUT2D eigenvalue weighted by Crippen LogP contribution is -2.12. The molecule has 130 valence electrons. The van der Waals surface area contributed by atoms with E-state index in [4.69, 9.17) is 18.9 Å². The van der Waals surface area contributed by atoms with Gasteiger partial charge in [0.05, 0.1) is 28.4 Å². The third-order valence-electron chi connectivity index (χ3n) is 3.67. The Labute approximate surface area is 157 Å². The standard InChI is InChI=1S/C18H22INO4/c1-21-15-7-5-13(17(9-15)23-3)11-20(19)12-14-6-8-16(22-2)10-18(14)24-4/h5-10H,11-12H2,1-4H3. The van der Waals surface area contributed by atoms with Crippen molar-refractivity contribution < 1.29 is 18.9 Å². The Morgan fingerprint density at radius 1 is 0.708 bits per heavy atom. The summed E-state index contributed by atoms with van der Waals surface area (Å²) in [6.07, 6.45) is 0. The third-order valence-corrected chi connectivity index (χ3v) is 4.35. The maximum atomic E-state index is 5.46. The van der Waals surface area contributed by atoms with E-state index in [2.05, 4.69) is 26.0 Å². The summed E-state index contributed by atoms with van der Waals surface area (Å²) in [7, 11) is 6.63. The van der Waals surface area contributed by atoms with Crippen LogP contribution in [0.5, 0.6) is 23.0 Å². The van der Waals surface area contributed by atoms with Crippen molar-refractivity contribution in [3.05, 3.63) is 47.5 Å². The molecule has 0 amide bonds. The van der Waals surface area contributed by atoms with E-state index in [0.717, 1.165) is 47.2 Å². The molecule has 0 aromatic heterocycles. The molecule has 0 atom stereocenters. The first-order chi connectivity index (χ1) is 11.6. The lowest BCUT2D eigenvalue weighted by molar-refractivity contribution is 0.378. The Morgan fingerprint density at radius 2 is 1.12 bits per heavy atom. The van der Waals surface area contributed by atoms with Crippen molar-refractivity contribution in [2.45, 2.75) is 13.1 Å². The van der Waals surface area contributed by atoms with Crippen LogP contribution in [-0.2, 0) is 13.1 Å². The molecule has 0 saturated carbocycles. The summed E-state index contributed by atoms with van der Waals surface area (Å²) in [6, 6.07) is 11.7. The quantitative estimate of drug-likeness (QED) is 0.455. The zero-order chi connectivity index (χ0) is 17.5. The van der Waals surface area contributed by atoms with Gasteiger partial charge in [-0.25, -0.2) is 3.11 Å². The van der Waals surface area contributed by atoms with E-state index in [0.29, 0.717) is 0 Å². The molecule has 0 heterocycles. The van der Waals surface area contributed by atoms with Crippen LogP contribution < -0.4 is 18.9 Å². The van der Waals surface area contributed by atoms with Crippen molar-refractivity contribution in [1.82, 2.24) is 3.11 Å². The summed E-state index contributed by atoms with van der Waals surface area (Å²) in [5, 5.41) is 0. The van der Waals surface area contributed by atoms with E-state index < -0.39 is 0 Å². The smallest absolute Gasteiger partial charge is 0.127 e. The van der Waals surface area contributed by atoms with Gasteiger partial charge in [-0.1, -0.05) is 12.1 Å². The molecule has 0 spiro atoms. The van der Waals surface area contributed by atoms with Gasteiger partial charge in [-0.3, -0.25) is 0 Å². The molecule has 0 aliphatic rings.